The van der Waals surface area contributed by atoms with Crippen LogP contribution >= 0.6 is 0 Å². The van der Waals surface area contributed by atoms with Gasteiger partial charge in [-0.1, -0.05) is 20.8 Å². The van der Waals surface area contributed by atoms with Crippen molar-refractivity contribution in [2.45, 2.75) is 58.7 Å². The summed E-state index contributed by atoms with van der Waals surface area (Å²) in [7, 11) is 1.70. The maximum Gasteiger partial charge on any atom is 0.213 e. The van der Waals surface area contributed by atoms with Crippen LogP contribution in [0.15, 0.2) is 12.1 Å². The number of aliphatic hydroxyl groups excluding tert-OH is 1. The van der Waals surface area contributed by atoms with E-state index >= 15 is 0 Å². The molecule has 0 unspecified atom stereocenters. The highest BCUT2D eigenvalue weighted by molar-refractivity contribution is 5.28. The van der Waals surface area contributed by atoms with E-state index in [1.807, 2.05) is 19.9 Å². The summed E-state index contributed by atoms with van der Waals surface area (Å²) < 4.78 is 11.1. The first-order valence-corrected chi connectivity index (χ1v) is 6.98. The first-order valence-electron chi connectivity index (χ1n) is 6.98. The fraction of sp³-hybridized carbons (Fsp3) is 0.688. The summed E-state index contributed by atoms with van der Waals surface area (Å²) in [5.41, 5.74) is 1.47. The Morgan fingerprint density at radius 1 is 1.15 bits per heavy atom. The minimum absolute atomic E-state index is 0.00841. The maximum atomic E-state index is 9.34. The Bertz CT molecular complexity index is 436. The fourth-order valence-electron chi connectivity index (χ4n) is 1.61. The zero-order chi connectivity index (χ0) is 15.4. The summed E-state index contributed by atoms with van der Waals surface area (Å²) in [5, 5.41) is 9.34. The van der Waals surface area contributed by atoms with Gasteiger partial charge in [0.2, 0.25) is 5.88 Å². The molecule has 0 aliphatic heterocycles. The average molecular weight is 281 g/mol. The van der Waals surface area contributed by atoms with E-state index in [2.05, 4.69) is 25.8 Å². The van der Waals surface area contributed by atoms with Crippen molar-refractivity contribution in [2.24, 2.45) is 0 Å². The minimum Gasteiger partial charge on any atom is -0.478 e. The van der Waals surface area contributed by atoms with Crippen molar-refractivity contribution < 1.29 is 14.6 Å². The topological polar surface area (TPSA) is 51.6 Å². The van der Waals surface area contributed by atoms with Crippen LogP contribution in [0, 0.1) is 0 Å². The molecule has 0 fully saturated rings. The molecule has 0 radical (unpaired) electrons. The van der Waals surface area contributed by atoms with Crippen molar-refractivity contribution in [3.05, 3.63) is 23.4 Å². The molecule has 114 valence electrons. The second-order valence-electron chi connectivity index (χ2n) is 6.67. The molecule has 1 aromatic rings. The molecule has 20 heavy (non-hydrogen) atoms. The van der Waals surface area contributed by atoms with E-state index in [0.29, 0.717) is 12.5 Å². The Balaban J connectivity index is 2.80. The largest absolute Gasteiger partial charge is 0.478 e. The average Bonchev–Trinajstić information content (AvgIpc) is 2.37. The Morgan fingerprint density at radius 3 is 2.30 bits per heavy atom. The van der Waals surface area contributed by atoms with Crippen LogP contribution in [0.5, 0.6) is 5.88 Å². The van der Waals surface area contributed by atoms with Crippen LogP contribution in [0.4, 0.5) is 0 Å². The lowest BCUT2D eigenvalue weighted by Gasteiger charge is -2.23. The van der Waals surface area contributed by atoms with E-state index in [-0.39, 0.29) is 17.6 Å². The van der Waals surface area contributed by atoms with E-state index in [0.717, 1.165) is 17.7 Å². The van der Waals surface area contributed by atoms with Crippen molar-refractivity contribution in [2.75, 3.05) is 13.7 Å². The second-order valence-corrected chi connectivity index (χ2v) is 6.67. The van der Waals surface area contributed by atoms with Crippen molar-refractivity contribution in [1.29, 1.82) is 0 Å². The summed E-state index contributed by atoms with van der Waals surface area (Å²) >= 11 is 0. The molecule has 0 saturated carbocycles. The van der Waals surface area contributed by atoms with Gasteiger partial charge in [-0.2, -0.15) is 0 Å². The maximum absolute atomic E-state index is 9.34. The van der Waals surface area contributed by atoms with Crippen LogP contribution in [-0.4, -0.2) is 29.4 Å². The zero-order valence-electron chi connectivity index (χ0n) is 13.5. The number of aromatic nitrogens is 1. The summed E-state index contributed by atoms with van der Waals surface area (Å²) in [6.07, 6.45) is 0.777. The second kappa shape index (κ2) is 6.55. The molecule has 0 amide bonds. The van der Waals surface area contributed by atoms with Crippen LogP contribution < -0.4 is 4.74 Å². The van der Waals surface area contributed by atoms with Crippen LogP contribution in [0.1, 0.15) is 52.3 Å². The van der Waals surface area contributed by atoms with Crippen molar-refractivity contribution in [1.82, 2.24) is 4.98 Å². The normalized spacial score (nSPS) is 12.6. The molecular weight excluding hydrogens is 254 g/mol. The number of hydrogen-bond donors (Lipinski definition) is 1. The lowest BCUT2D eigenvalue weighted by atomic mass is 9.91. The van der Waals surface area contributed by atoms with Gasteiger partial charge in [0.05, 0.1) is 24.5 Å². The van der Waals surface area contributed by atoms with Crippen LogP contribution in [0.3, 0.4) is 0 Å². The number of rotatable bonds is 6. The quantitative estimate of drug-likeness (QED) is 0.870. The van der Waals surface area contributed by atoms with E-state index in [1.54, 1.807) is 13.2 Å². The zero-order valence-corrected chi connectivity index (χ0v) is 13.5. The number of nitrogens with zero attached hydrogens (tertiary/aromatic N) is 1. The van der Waals surface area contributed by atoms with E-state index in [9.17, 15) is 5.11 Å². The molecule has 0 aliphatic carbocycles. The van der Waals surface area contributed by atoms with Crippen LogP contribution in [0.25, 0.3) is 0 Å². The fourth-order valence-corrected chi connectivity index (χ4v) is 1.61. The lowest BCUT2D eigenvalue weighted by Crippen LogP contribution is -2.25. The Labute approximate surface area is 122 Å². The summed E-state index contributed by atoms with van der Waals surface area (Å²) in [6, 6.07) is 3.71. The molecule has 0 saturated heterocycles. The highest BCUT2D eigenvalue weighted by Crippen LogP contribution is 2.24. The number of hydrogen-bond acceptors (Lipinski definition) is 4. The molecule has 0 aromatic carbocycles. The number of ether oxygens (including phenoxy) is 2. The lowest BCUT2D eigenvalue weighted by molar-refractivity contribution is 0.00504. The molecule has 1 heterocycles. The Hall–Kier alpha value is -1.13. The number of methoxy groups -OCH3 is 1. The first kappa shape index (κ1) is 16.9. The third kappa shape index (κ3) is 5.10. The molecule has 1 rings (SSSR count). The van der Waals surface area contributed by atoms with E-state index in [1.165, 1.54) is 0 Å². The van der Waals surface area contributed by atoms with Gasteiger partial charge in [0, 0.05) is 25.0 Å². The Morgan fingerprint density at radius 2 is 1.80 bits per heavy atom. The van der Waals surface area contributed by atoms with Crippen molar-refractivity contribution >= 4 is 0 Å². The van der Waals surface area contributed by atoms with Crippen LogP contribution in [-0.2, 0) is 16.8 Å². The van der Waals surface area contributed by atoms with Gasteiger partial charge in [-0.15, -0.1) is 0 Å². The van der Waals surface area contributed by atoms with Gasteiger partial charge in [0.15, 0.2) is 0 Å². The molecule has 4 heteroatoms. The first-order chi connectivity index (χ1) is 9.18. The summed E-state index contributed by atoms with van der Waals surface area (Å²) in [5.74, 6) is 0.563. The highest BCUT2D eigenvalue weighted by Gasteiger charge is 2.19. The number of pyridine rings is 1. The number of aliphatic hydroxyl groups is 1. The van der Waals surface area contributed by atoms with Gasteiger partial charge < -0.3 is 14.6 Å². The SMILES string of the molecule is COC(C)(C)CCOc1cc(CO)cc(C(C)(C)C)n1. The monoisotopic (exact) mass is 281 g/mol. The van der Waals surface area contributed by atoms with Gasteiger partial charge in [-0.25, -0.2) is 4.98 Å². The molecule has 0 atom stereocenters. The summed E-state index contributed by atoms with van der Waals surface area (Å²) in [4.78, 5) is 4.52. The van der Waals surface area contributed by atoms with Gasteiger partial charge in [-0.3, -0.25) is 0 Å². The van der Waals surface area contributed by atoms with E-state index in [4.69, 9.17) is 9.47 Å². The molecule has 1 N–H and O–H groups in total. The molecule has 0 aliphatic rings. The van der Waals surface area contributed by atoms with Crippen molar-refractivity contribution in [3.8, 4) is 5.88 Å². The smallest absolute Gasteiger partial charge is 0.213 e. The van der Waals surface area contributed by atoms with Gasteiger partial charge in [-0.05, 0) is 25.5 Å². The van der Waals surface area contributed by atoms with Gasteiger partial charge >= 0.3 is 0 Å². The molecule has 0 bridgehead atoms. The third-order valence-corrected chi connectivity index (χ3v) is 3.32. The minimum atomic E-state index is -0.207. The predicted molar refractivity (Wildman–Crippen MR) is 80.1 cm³/mol. The van der Waals surface area contributed by atoms with Gasteiger partial charge in [0.25, 0.3) is 0 Å². The van der Waals surface area contributed by atoms with Gasteiger partial charge in [0.1, 0.15) is 0 Å². The third-order valence-electron chi connectivity index (χ3n) is 3.32. The van der Waals surface area contributed by atoms with Crippen LogP contribution in [0.2, 0.25) is 0 Å². The molecule has 0 spiro atoms. The standard InChI is InChI=1S/C16H27NO3/c1-15(2,3)13-9-12(11-18)10-14(17-13)20-8-7-16(4,5)19-6/h9-10,18H,7-8,11H2,1-6H3. The molecule has 1 aromatic heterocycles. The predicted octanol–water partition coefficient (Wildman–Crippen LogP) is 3.07. The van der Waals surface area contributed by atoms with Crippen molar-refractivity contribution in [3.63, 3.8) is 0 Å². The Kier molecular flexibility index (Phi) is 5.54. The molecular formula is C16H27NO3. The summed E-state index contributed by atoms with van der Waals surface area (Å²) in [6.45, 7) is 10.8. The van der Waals surface area contributed by atoms with E-state index < -0.39 is 0 Å². The molecule has 4 nitrogen and oxygen atoms in total. The highest BCUT2D eigenvalue weighted by atomic mass is 16.5.